The molecule has 1 amide bonds. The third-order valence-corrected chi connectivity index (χ3v) is 2.82. The highest BCUT2D eigenvalue weighted by Crippen LogP contribution is 2.19. The van der Waals surface area contributed by atoms with Crippen LogP contribution in [0.15, 0.2) is 12.4 Å². The Balaban J connectivity index is 2.23. The standard InChI is InChI=1S/C11H13N3O3/c1-7-5-8(13-6-12-7)10(15)14-4-2-3-9(14)11(16)17/h5-6,9H,2-4H2,1H3,(H,16,17)/t9-/m0/s1. The van der Waals surface area contributed by atoms with Crippen LogP contribution >= 0.6 is 0 Å². The van der Waals surface area contributed by atoms with Crippen molar-refractivity contribution in [1.82, 2.24) is 14.9 Å². The largest absolute Gasteiger partial charge is 0.480 e. The highest BCUT2D eigenvalue weighted by atomic mass is 16.4. The molecule has 6 heteroatoms. The van der Waals surface area contributed by atoms with Crippen LogP contribution in [-0.2, 0) is 4.79 Å². The van der Waals surface area contributed by atoms with E-state index in [-0.39, 0.29) is 11.6 Å². The molecular weight excluding hydrogens is 222 g/mol. The molecule has 0 radical (unpaired) electrons. The number of nitrogens with zero attached hydrogens (tertiary/aromatic N) is 3. The monoisotopic (exact) mass is 235 g/mol. The Morgan fingerprint density at radius 1 is 1.47 bits per heavy atom. The normalized spacial score (nSPS) is 19.4. The van der Waals surface area contributed by atoms with Crippen molar-refractivity contribution in [3.8, 4) is 0 Å². The number of aryl methyl sites for hydroxylation is 1. The molecule has 1 aliphatic rings. The number of carboxylic acids is 1. The lowest BCUT2D eigenvalue weighted by atomic mass is 10.2. The Morgan fingerprint density at radius 3 is 2.88 bits per heavy atom. The van der Waals surface area contributed by atoms with Crippen molar-refractivity contribution >= 4 is 11.9 Å². The first-order valence-electron chi connectivity index (χ1n) is 5.42. The zero-order valence-electron chi connectivity index (χ0n) is 9.46. The predicted molar refractivity (Wildman–Crippen MR) is 58.5 cm³/mol. The van der Waals surface area contributed by atoms with Gasteiger partial charge in [0.25, 0.3) is 5.91 Å². The van der Waals surface area contributed by atoms with Crippen LogP contribution in [0.4, 0.5) is 0 Å². The van der Waals surface area contributed by atoms with Gasteiger partial charge in [-0.2, -0.15) is 0 Å². The molecule has 0 unspecified atom stereocenters. The summed E-state index contributed by atoms with van der Waals surface area (Å²) in [6, 6.07) is 0.845. The van der Waals surface area contributed by atoms with Crippen LogP contribution in [0.25, 0.3) is 0 Å². The molecular formula is C11H13N3O3. The molecule has 0 aliphatic carbocycles. The summed E-state index contributed by atoms with van der Waals surface area (Å²) in [6.45, 7) is 2.23. The number of hydrogen-bond acceptors (Lipinski definition) is 4. The molecule has 1 atom stereocenters. The highest BCUT2D eigenvalue weighted by molar-refractivity contribution is 5.95. The zero-order valence-corrected chi connectivity index (χ0v) is 9.46. The van der Waals surface area contributed by atoms with Crippen molar-refractivity contribution in [1.29, 1.82) is 0 Å². The Morgan fingerprint density at radius 2 is 2.24 bits per heavy atom. The summed E-state index contributed by atoms with van der Waals surface area (Å²) >= 11 is 0. The van der Waals surface area contributed by atoms with Crippen LogP contribution in [0.5, 0.6) is 0 Å². The van der Waals surface area contributed by atoms with E-state index >= 15 is 0 Å². The maximum absolute atomic E-state index is 12.1. The summed E-state index contributed by atoms with van der Waals surface area (Å²) in [6.07, 6.45) is 2.53. The van der Waals surface area contributed by atoms with Crippen molar-refractivity contribution in [3.63, 3.8) is 0 Å². The van der Waals surface area contributed by atoms with Gasteiger partial charge < -0.3 is 10.0 Å². The van der Waals surface area contributed by atoms with Crippen LogP contribution in [0.3, 0.4) is 0 Å². The minimum absolute atomic E-state index is 0.255. The van der Waals surface area contributed by atoms with Crippen molar-refractivity contribution in [2.75, 3.05) is 6.54 Å². The minimum Gasteiger partial charge on any atom is -0.480 e. The third kappa shape index (κ3) is 2.25. The molecule has 17 heavy (non-hydrogen) atoms. The lowest BCUT2D eigenvalue weighted by Crippen LogP contribution is -2.40. The smallest absolute Gasteiger partial charge is 0.326 e. The van der Waals surface area contributed by atoms with Gasteiger partial charge in [0.05, 0.1) is 0 Å². The number of carbonyl (C=O) groups is 2. The molecule has 0 bridgehead atoms. The molecule has 2 rings (SSSR count). The van der Waals surface area contributed by atoms with E-state index in [4.69, 9.17) is 5.11 Å². The fourth-order valence-corrected chi connectivity index (χ4v) is 1.99. The molecule has 1 aromatic rings. The fraction of sp³-hybridized carbons (Fsp3) is 0.455. The zero-order chi connectivity index (χ0) is 12.4. The lowest BCUT2D eigenvalue weighted by molar-refractivity contribution is -0.141. The van der Waals surface area contributed by atoms with Gasteiger partial charge in [-0.1, -0.05) is 0 Å². The SMILES string of the molecule is Cc1cc(C(=O)N2CCC[C@H]2C(=O)O)ncn1. The van der Waals surface area contributed by atoms with Crippen LogP contribution < -0.4 is 0 Å². The highest BCUT2D eigenvalue weighted by Gasteiger charge is 2.34. The third-order valence-electron chi connectivity index (χ3n) is 2.82. The van der Waals surface area contributed by atoms with E-state index in [2.05, 4.69) is 9.97 Å². The summed E-state index contributed by atoms with van der Waals surface area (Å²) < 4.78 is 0. The average molecular weight is 235 g/mol. The van der Waals surface area contributed by atoms with Gasteiger partial charge in [0.15, 0.2) is 0 Å². The number of carboxylic acid groups (broad SMARTS) is 1. The second-order valence-corrected chi connectivity index (χ2v) is 4.04. The van der Waals surface area contributed by atoms with E-state index in [1.54, 1.807) is 13.0 Å². The van der Waals surface area contributed by atoms with E-state index in [9.17, 15) is 9.59 Å². The first-order valence-corrected chi connectivity index (χ1v) is 5.42. The molecule has 90 valence electrons. The summed E-state index contributed by atoms with van der Waals surface area (Å²) in [7, 11) is 0. The first-order chi connectivity index (χ1) is 8.09. The fourth-order valence-electron chi connectivity index (χ4n) is 1.99. The van der Waals surface area contributed by atoms with Gasteiger partial charge >= 0.3 is 5.97 Å². The predicted octanol–water partition coefficient (Wildman–Crippen LogP) is 0.474. The average Bonchev–Trinajstić information content (AvgIpc) is 2.77. The van der Waals surface area contributed by atoms with E-state index in [1.807, 2.05) is 0 Å². The quantitative estimate of drug-likeness (QED) is 0.805. The van der Waals surface area contributed by atoms with Gasteiger partial charge in [-0.3, -0.25) is 4.79 Å². The van der Waals surface area contributed by atoms with Gasteiger partial charge in [-0.25, -0.2) is 14.8 Å². The summed E-state index contributed by atoms with van der Waals surface area (Å²) in [5, 5.41) is 9.01. The van der Waals surface area contributed by atoms with Crippen molar-refractivity contribution in [3.05, 3.63) is 23.8 Å². The van der Waals surface area contributed by atoms with Gasteiger partial charge in [0.2, 0.25) is 0 Å². The Hall–Kier alpha value is -1.98. The molecule has 6 nitrogen and oxygen atoms in total. The number of aliphatic carboxylic acids is 1. The number of aromatic nitrogens is 2. The second-order valence-electron chi connectivity index (χ2n) is 4.04. The van der Waals surface area contributed by atoms with Crippen LogP contribution in [0.2, 0.25) is 0 Å². The van der Waals surface area contributed by atoms with Crippen molar-refractivity contribution in [2.24, 2.45) is 0 Å². The summed E-state index contributed by atoms with van der Waals surface area (Å²) in [5.74, 6) is -1.29. The number of rotatable bonds is 2. The van der Waals surface area contributed by atoms with Crippen LogP contribution in [-0.4, -0.2) is 44.4 Å². The second kappa shape index (κ2) is 4.48. The molecule has 0 saturated carbocycles. The molecule has 0 aromatic carbocycles. The number of carbonyl (C=O) groups excluding carboxylic acids is 1. The number of hydrogen-bond donors (Lipinski definition) is 1. The Labute approximate surface area is 98.3 Å². The molecule has 1 saturated heterocycles. The van der Waals surface area contributed by atoms with Gasteiger partial charge in [0.1, 0.15) is 18.1 Å². The Bertz CT molecular complexity index is 461. The van der Waals surface area contributed by atoms with Crippen molar-refractivity contribution in [2.45, 2.75) is 25.8 Å². The lowest BCUT2D eigenvalue weighted by Gasteiger charge is -2.20. The molecule has 1 N–H and O–H groups in total. The summed E-state index contributed by atoms with van der Waals surface area (Å²) in [5.41, 5.74) is 0.945. The van der Waals surface area contributed by atoms with Gasteiger partial charge in [0, 0.05) is 12.2 Å². The Kier molecular flexibility index (Phi) is 3.03. The van der Waals surface area contributed by atoms with Crippen LogP contribution in [0, 0.1) is 6.92 Å². The maximum atomic E-state index is 12.1. The minimum atomic E-state index is -0.957. The molecule has 1 aromatic heterocycles. The molecule has 0 spiro atoms. The molecule has 2 heterocycles. The summed E-state index contributed by atoms with van der Waals surface area (Å²) in [4.78, 5) is 32.2. The van der Waals surface area contributed by atoms with E-state index < -0.39 is 12.0 Å². The number of amides is 1. The van der Waals surface area contributed by atoms with E-state index in [0.29, 0.717) is 25.1 Å². The van der Waals surface area contributed by atoms with Gasteiger partial charge in [-0.05, 0) is 25.8 Å². The molecule has 1 fully saturated rings. The first kappa shape index (κ1) is 11.5. The maximum Gasteiger partial charge on any atom is 0.326 e. The van der Waals surface area contributed by atoms with E-state index in [0.717, 1.165) is 0 Å². The topological polar surface area (TPSA) is 83.4 Å². The van der Waals surface area contributed by atoms with E-state index in [1.165, 1.54) is 11.2 Å². The van der Waals surface area contributed by atoms with Crippen molar-refractivity contribution < 1.29 is 14.7 Å². The van der Waals surface area contributed by atoms with Crippen LogP contribution in [0.1, 0.15) is 29.0 Å². The molecule has 1 aliphatic heterocycles. The van der Waals surface area contributed by atoms with Gasteiger partial charge in [-0.15, -0.1) is 0 Å². The number of likely N-dealkylation sites (tertiary alicyclic amines) is 1.